The molecule has 2 aromatic carbocycles. The van der Waals surface area contributed by atoms with Crippen molar-refractivity contribution in [1.82, 2.24) is 4.98 Å². The summed E-state index contributed by atoms with van der Waals surface area (Å²) in [6, 6.07) is 15.7. The van der Waals surface area contributed by atoms with Crippen LogP contribution in [0.15, 0.2) is 60.9 Å². The topological polar surface area (TPSA) is 39.2 Å². The van der Waals surface area contributed by atoms with Gasteiger partial charge in [-0.25, -0.2) is 0 Å². The SMILES string of the molecule is CC(=O)Oc1ccc2ccccc2c1/C=C/c1ccncc1.Cl. The smallest absolute Gasteiger partial charge is 0.308 e. The van der Waals surface area contributed by atoms with Gasteiger partial charge in [0.25, 0.3) is 0 Å². The van der Waals surface area contributed by atoms with Crippen LogP contribution < -0.4 is 4.74 Å². The van der Waals surface area contributed by atoms with Gasteiger partial charge in [0.15, 0.2) is 0 Å². The second-order valence-corrected chi connectivity index (χ2v) is 4.91. The molecule has 1 heterocycles. The first-order chi connectivity index (χ1) is 10.7. The van der Waals surface area contributed by atoms with E-state index >= 15 is 0 Å². The van der Waals surface area contributed by atoms with Gasteiger partial charge in [0.05, 0.1) is 0 Å². The van der Waals surface area contributed by atoms with Crippen LogP contribution in [0.2, 0.25) is 0 Å². The van der Waals surface area contributed by atoms with Crippen LogP contribution in [0.5, 0.6) is 5.75 Å². The zero-order chi connectivity index (χ0) is 15.4. The van der Waals surface area contributed by atoms with Gasteiger partial charge in [0, 0.05) is 24.9 Å². The average molecular weight is 326 g/mol. The van der Waals surface area contributed by atoms with E-state index in [2.05, 4.69) is 4.98 Å². The number of nitrogens with zero attached hydrogens (tertiary/aromatic N) is 1. The number of benzene rings is 2. The van der Waals surface area contributed by atoms with Crippen molar-refractivity contribution < 1.29 is 9.53 Å². The lowest BCUT2D eigenvalue weighted by Gasteiger charge is -2.09. The maximum absolute atomic E-state index is 11.3. The highest BCUT2D eigenvalue weighted by molar-refractivity contribution is 5.96. The van der Waals surface area contributed by atoms with E-state index in [-0.39, 0.29) is 18.4 Å². The number of carbonyl (C=O) groups is 1. The highest BCUT2D eigenvalue weighted by Gasteiger charge is 2.08. The number of carbonyl (C=O) groups excluding carboxylic acids is 1. The van der Waals surface area contributed by atoms with E-state index in [0.717, 1.165) is 21.9 Å². The molecule has 0 aliphatic heterocycles. The van der Waals surface area contributed by atoms with E-state index < -0.39 is 0 Å². The van der Waals surface area contributed by atoms with Gasteiger partial charge in [-0.05, 0) is 34.5 Å². The molecule has 0 spiro atoms. The van der Waals surface area contributed by atoms with Crippen molar-refractivity contribution in [3.8, 4) is 5.75 Å². The summed E-state index contributed by atoms with van der Waals surface area (Å²) in [4.78, 5) is 15.3. The molecule has 3 nitrogen and oxygen atoms in total. The molecule has 3 rings (SSSR count). The van der Waals surface area contributed by atoms with Crippen LogP contribution in [-0.4, -0.2) is 11.0 Å². The molecule has 0 aliphatic carbocycles. The van der Waals surface area contributed by atoms with Crippen molar-refractivity contribution in [3.05, 3.63) is 72.1 Å². The van der Waals surface area contributed by atoms with Crippen LogP contribution in [0.3, 0.4) is 0 Å². The normalized spacial score (nSPS) is 10.5. The first-order valence-electron chi connectivity index (χ1n) is 7.02. The van der Waals surface area contributed by atoms with Gasteiger partial charge in [0.1, 0.15) is 5.75 Å². The highest BCUT2D eigenvalue weighted by Crippen LogP contribution is 2.30. The zero-order valence-electron chi connectivity index (χ0n) is 12.6. The van der Waals surface area contributed by atoms with Crippen molar-refractivity contribution in [2.45, 2.75) is 6.92 Å². The number of ether oxygens (including phenoxy) is 1. The molecule has 0 fully saturated rings. The molecule has 3 aromatic rings. The van der Waals surface area contributed by atoms with E-state index in [1.165, 1.54) is 6.92 Å². The summed E-state index contributed by atoms with van der Waals surface area (Å²) in [5.41, 5.74) is 1.93. The Labute approximate surface area is 141 Å². The molecule has 1 aromatic heterocycles. The summed E-state index contributed by atoms with van der Waals surface area (Å²) in [6.45, 7) is 1.41. The standard InChI is InChI=1S/C19H15NO2.ClH/c1-14(21)22-19-9-7-16-4-2-3-5-17(16)18(19)8-6-15-10-12-20-13-11-15;/h2-13H,1H3;1H/b8-6+;. The van der Waals surface area contributed by atoms with Crippen molar-refractivity contribution in [2.24, 2.45) is 0 Å². The lowest BCUT2D eigenvalue weighted by molar-refractivity contribution is -0.131. The Morgan fingerprint density at radius 3 is 2.48 bits per heavy atom. The second-order valence-electron chi connectivity index (χ2n) is 4.91. The monoisotopic (exact) mass is 325 g/mol. The van der Waals surface area contributed by atoms with Crippen LogP contribution in [0.4, 0.5) is 0 Å². The fraction of sp³-hybridized carbons (Fsp3) is 0.0526. The molecule has 0 radical (unpaired) electrons. The Kier molecular flexibility index (Phi) is 5.50. The molecule has 23 heavy (non-hydrogen) atoms. The summed E-state index contributed by atoms with van der Waals surface area (Å²) in [5.74, 6) is 0.241. The fourth-order valence-electron chi connectivity index (χ4n) is 2.35. The molecule has 0 aliphatic rings. The third kappa shape index (κ3) is 3.96. The molecule has 0 atom stereocenters. The Bertz CT molecular complexity index is 844. The van der Waals surface area contributed by atoms with Crippen LogP contribution in [0.1, 0.15) is 18.1 Å². The summed E-state index contributed by atoms with van der Waals surface area (Å²) >= 11 is 0. The maximum atomic E-state index is 11.3. The predicted octanol–water partition coefficient (Wildman–Crippen LogP) is 4.75. The van der Waals surface area contributed by atoms with Crippen molar-refractivity contribution in [3.63, 3.8) is 0 Å². The molecular formula is C19H16ClNO2. The van der Waals surface area contributed by atoms with Crippen molar-refractivity contribution >= 4 is 41.3 Å². The summed E-state index contributed by atoms with van der Waals surface area (Å²) in [6.07, 6.45) is 7.44. The third-order valence-corrected chi connectivity index (χ3v) is 3.33. The minimum absolute atomic E-state index is 0. The molecule has 0 unspecified atom stereocenters. The first-order valence-corrected chi connectivity index (χ1v) is 7.02. The fourth-order valence-corrected chi connectivity index (χ4v) is 2.35. The molecular weight excluding hydrogens is 310 g/mol. The van der Waals surface area contributed by atoms with Gasteiger partial charge < -0.3 is 4.74 Å². The number of aromatic nitrogens is 1. The van der Waals surface area contributed by atoms with Gasteiger partial charge in [0.2, 0.25) is 0 Å². The van der Waals surface area contributed by atoms with Gasteiger partial charge in [-0.1, -0.05) is 42.5 Å². The van der Waals surface area contributed by atoms with Gasteiger partial charge >= 0.3 is 5.97 Å². The number of rotatable bonds is 3. The minimum Gasteiger partial charge on any atom is -0.426 e. The van der Waals surface area contributed by atoms with Crippen LogP contribution in [0, 0.1) is 0 Å². The quantitative estimate of drug-likeness (QED) is 0.515. The Balaban J connectivity index is 0.00000192. The van der Waals surface area contributed by atoms with Crippen molar-refractivity contribution in [2.75, 3.05) is 0 Å². The Hall–Kier alpha value is -2.65. The van der Waals surface area contributed by atoms with E-state index in [0.29, 0.717) is 5.75 Å². The largest absolute Gasteiger partial charge is 0.426 e. The van der Waals surface area contributed by atoms with Gasteiger partial charge in [-0.2, -0.15) is 0 Å². The molecule has 116 valence electrons. The highest BCUT2D eigenvalue weighted by atomic mass is 35.5. The van der Waals surface area contributed by atoms with E-state index in [1.807, 2.05) is 60.7 Å². The van der Waals surface area contributed by atoms with Crippen LogP contribution in [0.25, 0.3) is 22.9 Å². The molecule has 0 saturated heterocycles. The number of halogens is 1. The number of hydrogen-bond acceptors (Lipinski definition) is 3. The predicted molar refractivity (Wildman–Crippen MR) is 95.7 cm³/mol. The Morgan fingerprint density at radius 2 is 1.74 bits per heavy atom. The zero-order valence-corrected chi connectivity index (χ0v) is 13.4. The average Bonchev–Trinajstić information content (AvgIpc) is 2.54. The summed E-state index contributed by atoms with van der Waals surface area (Å²) in [7, 11) is 0. The second kappa shape index (κ2) is 7.56. The molecule has 0 N–H and O–H groups in total. The first kappa shape index (κ1) is 16.7. The Morgan fingerprint density at radius 1 is 1.00 bits per heavy atom. The van der Waals surface area contributed by atoms with Gasteiger partial charge in [-0.15, -0.1) is 12.4 Å². The van der Waals surface area contributed by atoms with Crippen LogP contribution >= 0.6 is 12.4 Å². The third-order valence-electron chi connectivity index (χ3n) is 3.33. The molecule has 0 bridgehead atoms. The van der Waals surface area contributed by atoms with Gasteiger partial charge in [-0.3, -0.25) is 9.78 Å². The molecule has 0 amide bonds. The number of hydrogen-bond donors (Lipinski definition) is 0. The van der Waals surface area contributed by atoms with E-state index in [4.69, 9.17) is 4.74 Å². The number of esters is 1. The van der Waals surface area contributed by atoms with E-state index in [9.17, 15) is 4.79 Å². The summed E-state index contributed by atoms with van der Waals surface area (Å²) < 4.78 is 5.34. The van der Waals surface area contributed by atoms with E-state index in [1.54, 1.807) is 12.4 Å². The lowest BCUT2D eigenvalue weighted by Crippen LogP contribution is -2.02. The number of pyridine rings is 1. The molecule has 0 saturated carbocycles. The lowest BCUT2D eigenvalue weighted by atomic mass is 10.0. The van der Waals surface area contributed by atoms with Crippen molar-refractivity contribution in [1.29, 1.82) is 0 Å². The van der Waals surface area contributed by atoms with Crippen LogP contribution in [-0.2, 0) is 4.79 Å². The molecule has 4 heteroatoms. The maximum Gasteiger partial charge on any atom is 0.308 e. The number of fused-ring (bicyclic) bond motifs is 1. The minimum atomic E-state index is -0.325. The summed E-state index contributed by atoms with van der Waals surface area (Å²) in [5, 5.41) is 2.15.